The number of nitrogens with zero attached hydrogens (tertiary/aromatic N) is 1. The van der Waals surface area contributed by atoms with Crippen LogP contribution in [0, 0.1) is 0 Å². The number of aromatic nitrogens is 1. The minimum atomic E-state index is -3.92. The van der Waals surface area contributed by atoms with Crippen LogP contribution in [0.15, 0.2) is 52.7 Å². The Labute approximate surface area is 212 Å². The molecule has 0 saturated heterocycles. The summed E-state index contributed by atoms with van der Waals surface area (Å²) in [6, 6.07) is 10.1. The summed E-state index contributed by atoms with van der Waals surface area (Å²) in [5.74, 6) is 1.33. The number of methoxy groups -OCH3 is 2. The molecule has 0 aliphatic heterocycles. The quantitative estimate of drug-likeness (QED) is 0.367. The number of benzene rings is 2. The summed E-state index contributed by atoms with van der Waals surface area (Å²) in [6.07, 6.45) is 2.20. The van der Waals surface area contributed by atoms with Gasteiger partial charge in [-0.1, -0.05) is 11.6 Å². The van der Waals surface area contributed by atoms with E-state index in [1.165, 1.54) is 47.4 Å². The third-order valence-electron chi connectivity index (χ3n) is 4.77. The number of anilines is 1. The highest BCUT2D eigenvalue weighted by Gasteiger charge is 2.26. The van der Waals surface area contributed by atoms with Crippen LogP contribution in [0.5, 0.6) is 11.5 Å². The van der Waals surface area contributed by atoms with Crippen LogP contribution >= 0.6 is 34.7 Å². The molecule has 182 valence electrons. The summed E-state index contributed by atoms with van der Waals surface area (Å²) >= 11 is 8.60. The Morgan fingerprint density at radius 1 is 1.18 bits per heavy atom. The number of hydrogen-bond acceptors (Lipinski definition) is 8. The SMILES string of the molecule is COc1ccc(-c2csc(NC(=O)[C@H](CCSC)NS(=O)(=O)c3ccc(Cl)cc3)n2)c(OC)c1. The minimum Gasteiger partial charge on any atom is -0.497 e. The summed E-state index contributed by atoms with van der Waals surface area (Å²) in [5, 5.41) is 5.28. The number of ether oxygens (including phenoxy) is 2. The normalized spacial score (nSPS) is 12.2. The molecule has 1 aromatic heterocycles. The molecule has 8 nitrogen and oxygen atoms in total. The smallest absolute Gasteiger partial charge is 0.244 e. The number of carbonyl (C=O) groups is 1. The van der Waals surface area contributed by atoms with Gasteiger partial charge >= 0.3 is 0 Å². The molecule has 0 spiro atoms. The lowest BCUT2D eigenvalue weighted by molar-refractivity contribution is -0.117. The molecule has 0 fully saturated rings. The van der Waals surface area contributed by atoms with Crippen LogP contribution in [-0.2, 0) is 14.8 Å². The van der Waals surface area contributed by atoms with Gasteiger partial charge in [0.2, 0.25) is 15.9 Å². The molecule has 0 unspecified atom stereocenters. The molecule has 12 heteroatoms. The molecule has 1 amide bonds. The van der Waals surface area contributed by atoms with Gasteiger partial charge in [-0.3, -0.25) is 4.79 Å². The fourth-order valence-electron chi connectivity index (χ4n) is 3.01. The predicted molar refractivity (Wildman–Crippen MR) is 138 cm³/mol. The average Bonchev–Trinajstić information content (AvgIpc) is 3.29. The molecule has 2 aromatic carbocycles. The van der Waals surface area contributed by atoms with Gasteiger partial charge in [-0.05, 0) is 54.8 Å². The van der Waals surface area contributed by atoms with E-state index in [0.29, 0.717) is 39.5 Å². The largest absolute Gasteiger partial charge is 0.497 e. The second-order valence-electron chi connectivity index (χ2n) is 7.00. The number of thiazole rings is 1. The Hall–Kier alpha value is -2.31. The molecular formula is C22H24ClN3O5S3. The standard InChI is InChI=1S/C22H24ClN3O5S3/c1-30-15-6-9-17(20(12-15)31-2)19-13-33-22(24-19)25-21(27)18(10-11-32-3)26-34(28,29)16-7-4-14(23)5-8-16/h4-9,12-13,18,26H,10-11H2,1-3H3,(H,24,25,27)/t18-/m0/s1. The van der Waals surface area contributed by atoms with Crippen molar-refractivity contribution >= 4 is 55.8 Å². The number of sulfonamides is 1. The molecule has 1 heterocycles. The first-order valence-corrected chi connectivity index (χ1v) is 14.2. The van der Waals surface area contributed by atoms with E-state index in [1.54, 1.807) is 31.7 Å². The summed E-state index contributed by atoms with van der Waals surface area (Å²) in [7, 11) is -0.800. The Morgan fingerprint density at radius 3 is 2.56 bits per heavy atom. The molecule has 34 heavy (non-hydrogen) atoms. The number of hydrogen-bond donors (Lipinski definition) is 2. The van der Waals surface area contributed by atoms with Crippen LogP contribution < -0.4 is 19.5 Å². The van der Waals surface area contributed by atoms with E-state index in [0.717, 1.165) is 5.56 Å². The Bertz CT molecular complexity index is 1230. The van der Waals surface area contributed by atoms with Crippen molar-refractivity contribution in [2.75, 3.05) is 31.5 Å². The third-order valence-corrected chi connectivity index (χ3v) is 7.91. The Kier molecular flexibility index (Phi) is 9.20. The molecule has 3 rings (SSSR count). The van der Waals surface area contributed by atoms with Crippen LogP contribution in [0.4, 0.5) is 5.13 Å². The first-order valence-electron chi connectivity index (χ1n) is 10.0. The molecule has 3 aromatic rings. The van der Waals surface area contributed by atoms with Gasteiger partial charge in [-0.25, -0.2) is 13.4 Å². The number of halogens is 1. The lowest BCUT2D eigenvalue weighted by Gasteiger charge is -2.17. The summed E-state index contributed by atoms with van der Waals surface area (Å²) in [6.45, 7) is 0. The molecule has 0 aliphatic carbocycles. The van der Waals surface area contributed by atoms with Gasteiger partial charge < -0.3 is 14.8 Å². The number of nitrogens with one attached hydrogen (secondary N) is 2. The van der Waals surface area contributed by atoms with E-state index in [4.69, 9.17) is 21.1 Å². The van der Waals surface area contributed by atoms with E-state index in [9.17, 15) is 13.2 Å². The zero-order valence-electron chi connectivity index (χ0n) is 18.7. The number of carbonyl (C=O) groups excluding carboxylic acids is 1. The van der Waals surface area contributed by atoms with Gasteiger partial charge in [-0.15, -0.1) is 11.3 Å². The zero-order chi connectivity index (χ0) is 24.7. The maximum Gasteiger partial charge on any atom is 0.244 e. The van der Waals surface area contributed by atoms with E-state index in [1.807, 2.05) is 12.3 Å². The van der Waals surface area contributed by atoms with Crippen molar-refractivity contribution < 1.29 is 22.7 Å². The fourth-order valence-corrected chi connectivity index (χ4v) is 5.55. The average molecular weight is 542 g/mol. The van der Waals surface area contributed by atoms with E-state index in [-0.39, 0.29) is 4.90 Å². The summed E-state index contributed by atoms with van der Waals surface area (Å²) in [5.41, 5.74) is 1.35. The van der Waals surface area contributed by atoms with Crippen molar-refractivity contribution in [3.63, 3.8) is 0 Å². The molecule has 0 bridgehead atoms. The van der Waals surface area contributed by atoms with Crippen molar-refractivity contribution in [3.05, 3.63) is 52.9 Å². The first-order chi connectivity index (χ1) is 16.3. The van der Waals surface area contributed by atoms with Crippen LogP contribution in [0.3, 0.4) is 0 Å². The first kappa shape index (κ1) is 26.3. The van der Waals surface area contributed by atoms with E-state index < -0.39 is 22.0 Å². The molecule has 0 saturated carbocycles. The van der Waals surface area contributed by atoms with Crippen molar-refractivity contribution in [1.82, 2.24) is 9.71 Å². The maximum absolute atomic E-state index is 13.0. The highest BCUT2D eigenvalue weighted by Crippen LogP contribution is 2.34. The molecule has 0 radical (unpaired) electrons. The minimum absolute atomic E-state index is 0.0296. The highest BCUT2D eigenvalue weighted by atomic mass is 35.5. The fraction of sp³-hybridized carbons (Fsp3) is 0.273. The number of amides is 1. The lowest BCUT2D eigenvalue weighted by Crippen LogP contribution is -2.44. The van der Waals surface area contributed by atoms with Crippen LogP contribution in [0.1, 0.15) is 6.42 Å². The zero-order valence-corrected chi connectivity index (χ0v) is 21.9. The molecule has 2 N–H and O–H groups in total. The van der Waals surface area contributed by atoms with Crippen LogP contribution in [-0.4, -0.2) is 51.6 Å². The van der Waals surface area contributed by atoms with Gasteiger partial charge in [0.25, 0.3) is 0 Å². The van der Waals surface area contributed by atoms with Gasteiger partial charge in [0.15, 0.2) is 5.13 Å². The van der Waals surface area contributed by atoms with Crippen molar-refractivity contribution in [2.45, 2.75) is 17.4 Å². The second kappa shape index (κ2) is 11.9. The van der Waals surface area contributed by atoms with E-state index in [2.05, 4.69) is 15.0 Å². The van der Waals surface area contributed by atoms with Gasteiger partial charge in [0, 0.05) is 22.0 Å². The van der Waals surface area contributed by atoms with E-state index >= 15 is 0 Å². The van der Waals surface area contributed by atoms with Crippen molar-refractivity contribution in [3.8, 4) is 22.8 Å². The second-order valence-corrected chi connectivity index (χ2v) is 11.0. The van der Waals surface area contributed by atoms with Gasteiger partial charge in [0.05, 0.1) is 24.8 Å². The molecular weight excluding hydrogens is 518 g/mol. The topological polar surface area (TPSA) is 107 Å². The summed E-state index contributed by atoms with van der Waals surface area (Å²) in [4.78, 5) is 17.5. The molecule has 1 atom stereocenters. The van der Waals surface area contributed by atoms with Crippen molar-refractivity contribution in [2.24, 2.45) is 0 Å². The number of thioether (sulfide) groups is 1. The van der Waals surface area contributed by atoms with Crippen LogP contribution in [0.2, 0.25) is 5.02 Å². The monoisotopic (exact) mass is 541 g/mol. The lowest BCUT2D eigenvalue weighted by atomic mass is 10.1. The van der Waals surface area contributed by atoms with Crippen LogP contribution in [0.25, 0.3) is 11.3 Å². The van der Waals surface area contributed by atoms with Gasteiger partial charge in [0.1, 0.15) is 17.5 Å². The third kappa shape index (κ3) is 6.63. The Balaban J connectivity index is 1.78. The van der Waals surface area contributed by atoms with Gasteiger partial charge in [-0.2, -0.15) is 16.5 Å². The maximum atomic E-state index is 13.0. The Morgan fingerprint density at radius 2 is 1.91 bits per heavy atom. The summed E-state index contributed by atoms with van der Waals surface area (Å²) < 4.78 is 38.8. The van der Waals surface area contributed by atoms with Crippen molar-refractivity contribution in [1.29, 1.82) is 0 Å². The predicted octanol–water partition coefficient (Wildman–Crippen LogP) is 4.52. The number of rotatable bonds is 11. The highest BCUT2D eigenvalue weighted by molar-refractivity contribution is 7.98. The molecule has 0 aliphatic rings.